The van der Waals surface area contributed by atoms with Gasteiger partial charge in [-0.2, -0.15) is 0 Å². The lowest BCUT2D eigenvalue weighted by Crippen LogP contribution is -2.46. The second-order valence-electron chi connectivity index (χ2n) is 3.43. The summed E-state index contributed by atoms with van der Waals surface area (Å²) in [7, 11) is 0. The van der Waals surface area contributed by atoms with Crippen LogP contribution in [0.1, 0.15) is 40.0 Å². The molecule has 0 bridgehead atoms. The Balaban J connectivity index is 2.62. The lowest BCUT2D eigenvalue weighted by molar-refractivity contribution is -0.142. The summed E-state index contributed by atoms with van der Waals surface area (Å²) in [6.07, 6.45) is 3.16. The van der Waals surface area contributed by atoms with E-state index in [1.165, 1.54) is 0 Å². The fraction of sp³-hybridized carbons (Fsp3) is 0.889. The molecule has 1 unspecified atom stereocenters. The Morgan fingerprint density at radius 2 is 2.00 bits per heavy atom. The highest BCUT2D eigenvalue weighted by Gasteiger charge is 2.47. The predicted molar refractivity (Wildman–Crippen MR) is 41.8 cm³/mol. The molecule has 58 valence electrons. The first-order chi connectivity index (χ1) is 4.66. The molecule has 0 aliphatic heterocycles. The average Bonchev–Trinajstić information content (AvgIpc) is 1.99. The maximum Gasteiger partial charge on any atom is 0.136 e. The zero-order valence-corrected chi connectivity index (χ0v) is 7.11. The van der Waals surface area contributed by atoms with Crippen molar-refractivity contribution < 1.29 is 4.79 Å². The van der Waals surface area contributed by atoms with E-state index in [0.29, 0.717) is 17.1 Å². The minimum atomic E-state index is 0.336. The lowest BCUT2D eigenvalue weighted by Gasteiger charge is -2.45. The fourth-order valence-corrected chi connectivity index (χ4v) is 1.98. The number of hydrogen-bond donors (Lipinski definition) is 0. The molecule has 10 heavy (non-hydrogen) atoms. The Hall–Kier alpha value is -0.330. The van der Waals surface area contributed by atoms with Gasteiger partial charge in [-0.25, -0.2) is 0 Å². The fourth-order valence-electron chi connectivity index (χ4n) is 1.98. The molecule has 0 aromatic carbocycles. The van der Waals surface area contributed by atoms with Crippen molar-refractivity contribution in [3.05, 3.63) is 0 Å². The summed E-state index contributed by atoms with van der Waals surface area (Å²) in [5, 5.41) is 0. The van der Waals surface area contributed by atoms with E-state index < -0.39 is 0 Å². The highest BCUT2D eigenvalue weighted by molar-refractivity contribution is 5.88. The van der Waals surface area contributed by atoms with Crippen LogP contribution in [0, 0.1) is 11.3 Å². The number of rotatable bonds is 2. The van der Waals surface area contributed by atoms with Crippen LogP contribution in [0.25, 0.3) is 0 Å². The number of hydrogen-bond acceptors (Lipinski definition) is 1. The maximum absolute atomic E-state index is 11.0. The molecule has 1 fully saturated rings. The van der Waals surface area contributed by atoms with E-state index in [2.05, 4.69) is 20.8 Å². The normalized spacial score (nSPS) is 29.9. The van der Waals surface area contributed by atoms with Crippen LogP contribution in [0.3, 0.4) is 0 Å². The minimum absolute atomic E-state index is 0.336. The highest BCUT2D eigenvalue weighted by atomic mass is 16.1. The van der Waals surface area contributed by atoms with Gasteiger partial charge in [0.2, 0.25) is 0 Å². The molecule has 0 aromatic rings. The van der Waals surface area contributed by atoms with Gasteiger partial charge < -0.3 is 0 Å². The van der Waals surface area contributed by atoms with Gasteiger partial charge in [0.05, 0.1) is 0 Å². The second kappa shape index (κ2) is 2.37. The van der Waals surface area contributed by atoms with Gasteiger partial charge in [0.1, 0.15) is 5.78 Å². The maximum atomic E-state index is 11.0. The van der Waals surface area contributed by atoms with Crippen LogP contribution in [0.15, 0.2) is 0 Å². The Bertz CT molecular complexity index is 145. The molecule has 1 nitrogen and oxygen atoms in total. The molecule has 1 atom stereocenters. The third kappa shape index (κ3) is 0.799. The van der Waals surface area contributed by atoms with Gasteiger partial charge >= 0.3 is 0 Å². The molecule has 0 aromatic heterocycles. The number of ketones is 1. The van der Waals surface area contributed by atoms with E-state index in [1.807, 2.05) is 0 Å². The Kier molecular flexibility index (Phi) is 1.84. The van der Waals surface area contributed by atoms with E-state index in [0.717, 1.165) is 19.3 Å². The molecule has 1 rings (SSSR count). The predicted octanol–water partition coefficient (Wildman–Crippen LogP) is 2.40. The van der Waals surface area contributed by atoms with Crippen molar-refractivity contribution in [3.63, 3.8) is 0 Å². The molecule has 1 aliphatic rings. The molecule has 0 N–H and O–H groups in total. The van der Waals surface area contributed by atoms with Crippen LogP contribution >= 0.6 is 0 Å². The van der Waals surface area contributed by atoms with E-state index in [1.54, 1.807) is 0 Å². The lowest BCUT2D eigenvalue weighted by atomic mass is 9.57. The summed E-state index contributed by atoms with van der Waals surface area (Å²) < 4.78 is 0. The summed E-state index contributed by atoms with van der Waals surface area (Å²) in [6, 6.07) is 0. The zero-order chi connectivity index (χ0) is 7.78. The van der Waals surface area contributed by atoms with Gasteiger partial charge in [-0.15, -0.1) is 0 Å². The molecule has 1 heteroatoms. The van der Waals surface area contributed by atoms with Gasteiger partial charge in [0.15, 0.2) is 0 Å². The van der Waals surface area contributed by atoms with Crippen LogP contribution in [0.4, 0.5) is 0 Å². The standard InChI is InChI=1S/C9H16O/c1-4-9(5-2)6-8(10)7(9)3/h7H,4-6H2,1-3H3. The van der Waals surface area contributed by atoms with Crippen molar-refractivity contribution >= 4 is 5.78 Å². The number of Topliss-reactive ketones (excluding diaryl/α,β-unsaturated/α-hetero) is 1. The van der Waals surface area contributed by atoms with Crippen molar-refractivity contribution in [2.24, 2.45) is 11.3 Å². The molecule has 0 amide bonds. The molecule has 0 saturated heterocycles. The van der Waals surface area contributed by atoms with Crippen LogP contribution in [-0.4, -0.2) is 5.78 Å². The first-order valence-corrected chi connectivity index (χ1v) is 4.19. The van der Waals surface area contributed by atoms with Crippen molar-refractivity contribution in [1.29, 1.82) is 0 Å². The molecular weight excluding hydrogens is 124 g/mol. The first-order valence-electron chi connectivity index (χ1n) is 4.19. The van der Waals surface area contributed by atoms with Crippen LogP contribution in [0.2, 0.25) is 0 Å². The third-order valence-electron chi connectivity index (χ3n) is 3.34. The van der Waals surface area contributed by atoms with Crippen LogP contribution < -0.4 is 0 Å². The topological polar surface area (TPSA) is 17.1 Å². The van der Waals surface area contributed by atoms with Gasteiger partial charge in [-0.1, -0.05) is 20.8 Å². The van der Waals surface area contributed by atoms with Crippen molar-refractivity contribution in [2.75, 3.05) is 0 Å². The van der Waals surface area contributed by atoms with E-state index in [-0.39, 0.29) is 0 Å². The van der Waals surface area contributed by atoms with Crippen molar-refractivity contribution in [2.45, 2.75) is 40.0 Å². The summed E-state index contributed by atoms with van der Waals surface area (Å²) in [6.45, 7) is 6.44. The Morgan fingerprint density at radius 1 is 1.50 bits per heavy atom. The number of carbonyl (C=O) groups is 1. The van der Waals surface area contributed by atoms with E-state index >= 15 is 0 Å². The SMILES string of the molecule is CCC1(CC)CC(=O)C1C. The van der Waals surface area contributed by atoms with E-state index in [9.17, 15) is 4.79 Å². The molecule has 0 spiro atoms. The molecule has 0 radical (unpaired) electrons. The average molecular weight is 140 g/mol. The second-order valence-corrected chi connectivity index (χ2v) is 3.43. The van der Waals surface area contributed by atoms with Gasteiger partial charge in [-0.05, 0) is 18.3 Å². The summed E-state index contributed by atoms with van der Waals surface area (Å²) in [5.41, 5.74) is 0.386. The van der Waals surface area contributed by atoms with Crippen LogP contribution in [-0.2, 0) is 4.79 Å². The van der Waals surface area contributed by atoms with E-state index in [4.69, 9.17) is 0 Å². The van der Waals surface area contributed by atoms with Gasteiger partial charge in [0.25, 0.3) is 0 Å². The zero-order valence-electron chi connectivity index (χ0n) is 7.11. The first kappa shape index (κ1) is 7.77. The quantitative estimate of drug-likeness (QED) is 0.575. The van der Waals surface area contributed by atoms with Crippen molar-refractivity contribution in [3.8, 4) is 0 Å². The molecule has 1 saturated carbocycles. The molecule has 1 aliphatic carbocycles. The smallest absolute Gasteiger partial charge is 0.136 e. The van der Waals surface area contributed by atoms with Gasteiger partial charge in [-0.3, -0.25) is 4.79 Å². The van der Waals surface area contributed by atoms with Crippen LogP contribution in [0.5, 0.6) is 0 Å². The number of carbonyl (C=O) groups excluding carboxylic acids is 1. The summed E-state index contributed by atoms with van der Waals surface area (Å²) in [5.74, 6) is 0.797. The molecular formula is C9H16O. The monoisotopic (exact) mass is 140 g/mol. The summed E-state index contributed by atoms with van der Waals surface area (Å²) in [4.78, 5) is 11.0. The van der Waals surface area contributed by atoms with Crippen molar-refractivity contribution in [1.82, 2.24) is 0 Å². The minimum Gasteiger partial charge on any atom is -0.299 e. The molecule has 0 heterocycles. The highest BCUT2D eigenvalue weighted by Crippen LogP contribution is 2.48. The third-order valence-corrected chi connectivity index (χ3v) is 3.34. The Morgan fingerprint density at radius 3 is 2.10 bits per heavy atom. The summed E-state index contributed by atoms with van der Waals surface area (Å²) >= 11 is 0. The van der Waals surface area contributed by atoms with Gasteiger partial charge in [0, 0.05) is 12.3 Å². The largest absolute Gasteiger partial charge is 0.299 e. The Labute approximate surface area is 62.8 Å².